The summed E-state index contributed by atoms with van der Waals surface area (Å²) in [6.45, 7) is 1.24. The third-order valence-electron chi connectivity index (χ3n) is 4.87. The van der Waals surface area contributed by atoms with E-state index in [-0.39, 0.29) is 22.7 Å². The molecule has 4 rings (SSSR count). The number of carbonyl (C=O) groups excluding carboxylic acids is 1. The Hall–Kier alpha value is -2.76. The monoisotopic (exact) mass is 477 g/mol. The van der Waals surface area contributed by atoms with Gasteiger partial charge in [0.1, 0.15) is 11.3 Å². The molecule has 0 radical (unpaired) electrons. The van der Waals surface area contributed by atoms with Crippen molar-refractivity contribution in [1.29, 1.82) is 0 Å². The molecule has 1 fully saturated rings. The second-order valence-electron chi connectivity index (χ2n) is 7.17. The number of rotatable bonds is 9. The third-order valence-corrected chi connectivity index (χ3v) is 7.08. The fraction of sp³-hybridized carbons (Fsp3) is 0.333. The number of ether oxygens (including phenoxy) is 2. The second kappa shape index (κ2) is 9.80. The Bertz CT molecular complexity index is 1190. The van der Waals surface area contributed by atoms with Crippen LogP contribution in [0.4, 0.5) is 5.69 Å². The number of aromatic nitrogens is 1. The fourth-order valence-corrected chi connectivity index (χ4v) is 4.95. The molecule has 170 valence electrons. The van der Waals surface area contributed by atoms with Crippen LogP contribution in [0.5, 0.6) is 5.75 Å². The van der Waals surface area contributed by atoms with Gasteiger partial charge in [0.25, 0.3) is 15.2 Å². The average Bonchev–Trinajstić information content (AvgIpc) is 3.45. The maximum Gasteiger partial charge on any atom is 0.261 e. The molecule has 0 aliphatic carbocycles. The molecule has 1 aromatic heterocycles. The van der Waals surface area contributed by atoms with Crippen LogP contribution < -0.4 is 14.8 Å². The van der Waals surface area contributed by atoms with Gasteiger partial charge in [0.15, 0.2) is 5.58 Å². The Morgan fingerprint density at radius 3 is 2.78 bits per heavy atom. The van der Waals surface area contributed by atoms with Gasteiger partial charge < -0.3 is 19.2 Å². The number of carbonyl (C=O) groups is 1. The maximum absolute atomic E-state index is 12.7. The van der Waals surface area contributed by atoms with E-state index in [1.54, 1.807) is 30.3 Å². The molecule has 0 spiro atoms. The number of hydrogen-bond acceptors (Lipinski definition) is 8. The van der Waals surface area contributed by atoms with E-state index >= 15 is 0 Å². The van der Waals surface area contributed by atoms with Crippen LogP contribution >= 0.6 is 11.8 Å². The van der Waals surface area contributed by atoms with E-state index in [4.69, 9.17) is 13.9 Å². The van der Waals surface area contributed by atoms with Crippen LogP contribution in [-0.2, 0) is 19.6 Å². The van der Waals surface area contributed by atoms with Crippen molar-refractivity contribution in [2.75, 3.05) is 30.7 Å². The molecule has 9 nitrogen and oxygen atoms in total. The van der Waals surface area contributed by atoms with Crippen molar-refractivity contribution in [1.82, 2.24) is 10.3 Å². The van der Waals surface area contributed by atoms with Crippen molar-refractivity contribution in [3.05, 3.63) is 42.5 Å². The highest BCUT2D eigenvalue weighted by Crippen LogP contribution is 2.26. The predicted octanol–water partition coefficient (Wildman–Crippen LogP) is 3.02. The topological polar surface area (TPSA) is 120 Å². The van der Waals surface area contributed by atoms with Gasteiger partial charge in [-0.15, -0.1) is 0 Å². The summed E-state index contributed by atoms with van der Waals surface area (Å²) < 4.78 is 44.2. The molecule has 0 saturated carbocycles. The van der Waals surface area contributed by atoms with Gasteiger partial charge in [-0.3, -0.25) is 9.52 Å². The second-order valence-corrected chi connectivity index (χ2v) is 9.78. The summed E-state index contributed by atoms with van der Waals surface area (Å²) in [5.74, 6) is 0.631. The first-order chi connectivity index (χ1) is 15.4. The SMILES string of the molecule is COc1ccc(NS(=O)(=O)c2ccc3oc(SCC(=O)NC[C@H]4CCCO4)nc3c2)cc1. The third kappa shape index (κ3) is 5.53. The zero-order valence-electron chi connectivity index (χ0n) is 17.4. The molecule has 11 heteroatoms. The lowest BCUT2D eigenvalue weighted by Crippen LogP contribution is -2.32. The molecule has 1 atom stereocenters. The molecule has 0 unspecified atom stereocenters. The van der Waals surface area contributed by atoms with Gasteiger partial charge >= 0.3 is 0 Å². The first-order valence-corrected chi connectivity index (χ1v) is 12.5. The predicted molar refractivity (Wildman–Crippen MR) is 121 cm³/mol. The Morgan fingerprint density at radius 2 is 2.06 bits per heavy atom. The van der Waals surface area contributed by atoms with E-state index in [0.717, 1.165) is 31.2 Å². The van der Waals surface area contributed by atoms with Crippen LogP contribution in [-0.4, -0.2) is 51.4 Å². The zero-order valence-corrected chi connectivity index (χ0v) is 19.0. The van der Waals surface area contributed by atoms with Gasteiger partial charge in [-0.05, 0) is 55.3 Å². The van der Waals surface area contributed by atoms with Crippen LogP contribution in [0.25, 0.3) is 11.1 Å². The molecule has 1 aliphatic rings. The van der Waals surface area contributed by atoms with E-state index in [1.165, 1.54) is 19.2 Å². The summed E-state index contributed by atoms with van der Waals surface area (Å²) in [4.78, 5) is 16.4. The zero-order chi connectivity index (χ0) is 22.6. The number of anilines is 1. The van der Waals surface area contributed by atoms with Crippen molar-refractivity contribution in [3.8, 4) is 5.75 Å². The van der Waals surface area contributed by atoms with Crippen molar-refractivity contribution in [2.45, 2.75) is 29.1 Å². The average molecular weight is 478 g/mol. The van der Waals surface area contributed by atoms with Gasteiger partial charge in [-0.1, -0.05) is 11.8 Å². The lowest BCUT2D eigenvalue weighted by atomic mass is 10.2. The molecule has 1 aliphatic heterocycles. The van der Waals surface area contributed by atoms with Crippen LogP contribution in [0, 0.1) is 0 Å². The number of oxazole rings is 1. The van der Waals surface area contributed by atoms with Crippen LogP contribution in [0.2, 0.25) is 0 Å². The number of nitrogens with one attached hydrogen (secondary N) is 2. The smallest absolute Gasteiger partial charge is 0.261 e. The van der Waals surface area contributed by atoms with Gasteiger partial charge in [-0.25, -0.2) is 13.4 Å². The number of amides is 1. The molecule has 1 saturated heterocycles. The highest BCUT2D eigenvalue weighted by molar-refractivity contribution is 7.99. The minimum Gasteiger partial charge on any atom is -0.497 e. The van der Waals surface area contributed by atoms with Crippen molar-refractivity contribution >= 4 is 44.5 Å². The van der Waals surface area contributed by atoms with Gasteiger partial charge in [0.05, 0.1) is 23.9 Å². The van der Waals surface area contributed by atoms with Gasteiger partial charge in [0, 0.05) is 18.8 Å². The Labute approximate surface area is 189 Å². The van der Waals surface area contributed by atoms with Crippen molar-refractivity contribution in [3.63, 3.8) is 0 Å². The molecule has 2 heterocycles. The number of nitrogens with zero attached hydrogens (tertiary/aromatic N) is 1. The lowest BCUT2D eigenvalue weighted by molar-refractivity contribution is -0.119. The number of methoxy groups -OCH3 is 1. The Morgan fingerprint density at radius 1 is 1.25 bits per heavy atom. The summed E-state index contributed by atoms with van der Waals surface area (Å²) >= 11 is 1.15. The molecule has 3 aromatic rings. The molecule has 2 N–H and O–H groups in total. The molecule has 0 bridgehead atoms. The molecule has 32 heavy (non-hydrogen) atoms. The number of benzene rings is 2. The quantitative estimate of drug-likeness (QED) is 0.451. The van der Waals surface area contributed by atoms with E-state index in [0.29, 0.717) is 34.3 Å². The van der Waals surface area contributed by atoms with E-state index in [9.17, 15) is 13.2 Å². The van der Waals surface area contributed by atoms with Gasteiger partial charge in [0.2, 0.25) is 5.91 Å². The number of fused-ring (bicyclic) bond motifs is 1. The van der Waals surface area contributed by atoms with Crippen LogP contribution in [0.3, 0.4) is 0 Å². The molecule has 2 aromatic carbocycles. The van der Waals surface area contributed by atoms with E-state index in [2.05, 4.69) is 15.0 Å². The molecule has 1 amide bonds. The fourth-order valence-electron chi connectivity index (χ4n) is 3.20. The van der Waals surface area contributed by atoms with E-state index < -0.39 is 10.0 Å². The summed E-state index contributed by atoms with van der Waals surface area (Å²) in [6.07, 6.45) is 2.06. The maximum atomic E-state index is 12.7. The highest BCUT2D eigenvalue weighted by Gasteiger charge is 2.19. The van der Waals surface area contributed by atoms with Crippen molar-refractivity contribution in [2.24, 2.45) is 0 Å². The minimum atomic E-state index is -3.81. The van der Waals surface area contributed by atoms with Crippen LogP contribution in [0.15, 0.2) is 57.0 Å². The number of thioether (sulfide) groups is 1. The highest BCUT2D eigenvalue weighted by atomic mass is 32.2. The minimum absolute atomic E-state index is 0.0555. The first-order valence-electron chi connectivity index (χ1n) is 10.0. The first kappa shape index (κ1) is 22.4. The van der Waals surface area contributed by atoms with Crippen molar-refractivity contribution < 1.29 is 27.1 Å². The Kier molecular flexibility index (Phi) is 6.87. The Balaban J connectivity index is 1.38. The normalized spacial score (nSPS) is 16.2. The molecular weight excluding hydrogens is 454 g/mol. The standard InChI is InChI=1S/C21H23N3O6S2/c1-28-15-6-4-14(5-7-15)24-32(26,27)17-8-9-19-18(11-17)23-21(30-19)31-13-20(25)22-12-16-3-2-10-29-16/h4-9,11,16,24H,2-3,10,12-13H2,1H3,(H,22,25)/t16-/m1/s1. The lowest BCUT2D eigenvalue weighted by Gasteiger charge is -2.09. The van der Waals surface area contributed by atoms with Crippen LogP contribution in [0.1, 0.15) is 12.8 Å². The number of sulfonamides is 1. The number of hydrogen-bond donors (Lipinski definition) is 2. The molecular formula is C21H23N3O6S2. The van der Waals surface area contributed by atoms with Gasteiger partial charge in [-0.2, -0.15) is 0 Å². The van der Waals surface area contributed by atoms with E-state index in [1.807, 2.05) is 0 Å². The summed E-state index contributed by atoms with van der Waals surface area (Å²) in [5.41, 5.74) is 1.25. The summed E-state index contributed by atoms with van der Waals surface area (Å²) in [5, 5.41) is 3.13. The largest absolute Gasteiger partial charge is 0.497 e. The summed E-state index contributed by atoms with van der Waals surface area (Å²) in [6, 6.07) is 11.0. The summed E-state index contributed by atoms with van der Waals surface area (Å²) in [7, 11) is -2.27.